The normalized spacial score (nSPS) is 21.7. The molecule has 1 aliphatic carbocycles. The molecule has 8 heteroatoms. The number of carbonyl (C=O) groups is 1. The van der Waals surface area contributed by atoms with Gasteiger partial charge in [-0.2, -0.15) is 9.61 Å². The van der Waals surface area contributed by atoms with Crippen LogP contribution in [0, 0.1) is 5.92 Å². The number of nitrogens with one attached hydrogen (secondary N) is 1. The molecule has 5 rings (SSSR count). The van der Waals surface area contributed by atoms with E-state index in [4.69, 9.17) is 0 Å². The van der Waals surface area contributed by atoms with Crippen LogP contribution < -0.4 is 5.56 Å². The Hall–Kier alpha value is -2.48. The van der Waals surface area contributed by atoms with E-state index >= 15 is 0 Å². The molecular formula is C24H26BrFN4O2. The summed E-state index contributed by atoms with van der Waals surface area (Å²) in [5.41, 5.74) is 3.19. The number of hydrogen-bond donors (Lipinski definition) is 1. The third-order valence-electron chi connectivity index (χ3n) is 7.15. The van der Waals surface area contributed by atoms with E-state index in [2.05, 4.69) is 38.1 Å². The smallest absolute Gasteiger partial charge is 0.274 e. The molecule has 32 heavy (non-hydrogen) atoms. The molecule has 1 aliphatic heterocycles. The lowest BCUT2D eigenvalue weighted by Gasteiger charge is -2.45. The molecule has 1 saturated carbocycles. The molecule has 2 aliphatic rings. The predicted molar refractivity (Wildman–Crippen MR) is 125 cm³/mol. The van der Waals surface area contributed by atoms with Gasteiger partial charge in [-0.05, 0) is 52.7 Å². The third-order valence-corrected chi connectivity index (χ3v) is 7.70. The van der Waals surface area contributed by atoms with Crippen molar-refractivity contribution in [1.29, 1.82) is 0 Å². The van der Waals surface area contributed by atoms with Crippen LogP contribution in [0.2, 0.25) is 0 Å². The van der Waals surface area contributed by atoms with Crippen molar-refractivity contribution < 1.29 is 9.18 Å². The molecule has 1 amide bonds. The highest BCUT2D eigenvalue weighted by Crippen LogP contribution is 2.34. The number of aromatic nitrogens is 3. The van der Waals surface area contributed by atoms with Crippen LogP contribution in [0.3, 0.4) is 0 Å². The van der Waals surface area contributed by atoms with Crippen LogP contribution in [0.5, 0.6) is 0 Å². The topological polar surface area (TPSA) is 70.5 Å². The fourth-order valence-electron chi connectivity index (χ4n) is 5.01. The summed E-state index contributed by atoms with van der Waals surface area (Å²) in [5, 5.41) is 4.22. The Morgan fingerprint density at radius 3 is 2.59 bits per heavy atom. The number of halogens is 2. The van der Waals surface area contributed by atoms with E-state index in [9.17, 15) is 14.0 Å². The van der Waals surface area contributed by atoms with E-state index in [1.165, 1.54) is 48.2 Å². The Bertz CT molecular complexity index is 1210. The van der Waals surface area contributed by atoms with Crippen LogP contribution in [0.15, 0.2) is 39.7 Å². The lowest BCUT2D eigenvalue weighted by Crippen LogP contribution is -2.57. The zero-order valence-corrected chi connectivity index (χ0v) is 19.6. The average Bonchev–Trinajstić information content (AvgIpc) is 3.15. The second-order valence-electron chi connectivity index (χ2n) is 9.02. The first-order valence-corrected chi connectivity index (χ1v) is 12.1. The molecule has 2 fully saturated rings. The molecule has 3 heterocycles. The summed E-state index contributed by atoms with van der Waals surface area (Å²) >= 11 is 3.34. The van der Waals surface area contributed by atoms with Crippen molar-refractivity contribution in [3.63, 3.8) is 0 Å². The van der Waals surface area contributed by atoms with Gasteiger partial charge in [0.05, 0.1) is 12.4 Å². The van der Waals surface area contributed by atoms with Crippen LogP contribution in [-0.2, 0) is 0 Å². The summed E-state index contributed by atoms with van der Waals surface area (Å²) in [6.45, 7) is 1.76. The van der Waals surface area contributed by atoms with E-state index in [1.807, 2.05) is 19.1 Å². The van der Waals surface area contributed by atoms with Crippen molar-refractivity contribution in [3.05, 3.63) is 56.4 Å². The SMILES string of the molecule is CC1C(CF)CN1C(=O)c1c(Br)nn2c(=O)cc(-c3ccc(C4CCCCC4)cc3)[nH]c12. The first kappa shape index (κ1) is 21.4. The highest BCUT2D eigenvalue weighted by atomic mass is 79.9. The number of fused-ring (bicyclic) bond motifs is 1. The van der Waals surface area contributed by atoms with Gasteiger partial charge in [0.15, 0.2) is 5.65 Å². The Kier molecular flexibility index (Phi) is 5.65. The number of alkyl halides is 1. The van der Waals surface area contributed by atoms with Crippen molar-refractivity contribution in [2.24, 2.45) is 5.92 Å². The maximum absolute atomic E-state index is 13.2. The Morgan fingerprint density at radius 2 is 1.94 bits per heavy atom. The van der Waals surface area contributed by atoms with Gasteiger partial charge < -0.3 is 9.88 Å². The van der Waals surface area contributed by atoms with E-state index in [0.29, 0.717) is 34.0 Å². The standard InChI is InChI=1S/C24H26BrFN4O2/c1-14-18(12-26)13-29(14)24(32)21-22(25)28-30-20(31)11-19(27-23(21)30)17-9-7-16(8-10-17)15-5-3-2-4-6-15/h7-11,14-15,18,27H,2-6,12-13H2,1H3. The molecule has 0 bridgehead atoms. The minimum Gasteiger partial charge on any atom is -0.339 e. The second kappa shape index (κ2) is 8.46. The Labute approximate surface area is 193 Å². The van der Waals surface area contributed by atoms with Crippen molar-refractivity contribution in [1.82, 2.24) is 19.5 Å². The van der Waals surface area contributed by atoms with Gasteiger partial charge in [-0.1, -0.05) is 43.5 Å². The first-order valence-electron chi connectivity index (χ1n) is 11.3. The molecule has 0 spiro atoms. The van der Waals surface area contributed by atoms with Gasteiger partial charge >= 0.3 is 0 Å². The lowest BCUT2D eigenvalue weighted by molar-refractivity contribution is 0.0140. The maximum Gasteiger partial charge on any atom is 0.274 e. The number of H-pyrrole nitrogens is 1. The number of benzene rings is 1. The number of aromatic amines is 1. The Balaban J connectivity index is 1.50. The fraction of sp³-hybridized carbons (Fsp3) is 0.458. The molecule has 0 radical (unpaired) electrons. The van der Waals surface area contributed by atoms with Crippen LogP contribution in [0.1, 0.15) is 60.9 Å². The minimum absolute atomic E-state index is 0.142. The van der Waals surface area contributed by atoms with Crippen molar-refractivity contribution >= 4 is 27.5 Å². The highest BCUT2D eigenvalue weighted by Gasteiger charge is 2.40. The lowest BCUT2D eigenvalue weighted by atomic mass is 9.84. The summed E-state index contributed by atoms with van der Waals surface area (Å²) in [7, 11) is 0. The molecule has 6 nitrogen and oxygen atoms in total. The van der Waals surface area contributed by atoms with Crippen LogP contribution in [0.25, 0.3) is 16.9 Å². The summed E-state index contributed by atoms with van der Waals surface area (Å²) in [5.74, 6) is 0.211. The number of likely N-dealkylation sites (tertiary alicyclic amines) is 1. The largest absolute Gasteiger partial charge is 0.339 e. The maximum atomic E-state index is 13.2. The first-order chi connectivity index (χ1) is 15.5. The van der Waals surface area contributed by atoms with E-state index in [0.717, 1.165) is 5.56 Å². The van der Waals surface area contributed by atoms with Crippen LogP contribution in [-0.4, -0.2) is 44.7 Å². The number of hydrogen-bond acceptors (Lipinski definition) is 3. The molecule has 3 aromatic rings. The van der Waals surface area contributed by atoms with Gasteiger partial charge in [-0.15, -0.1) is 0 Å². The summed E-state index contributed by atoms with van der Waals surface area (Å²) in [6, 6.07) is 9.67. The molecule has 1 saturated heterocycles. The molecule has 2 unspecified atom stereocenters. The molecule has 2 atom stereocenters. The third kappa shape index (κ3) is 3.58. The zero-order valence-electron chi connectivity index (χ0n) is 18.0. The van der Waals surface area contributed by atoms with Crippen LogP contribution in [0.4, 0.5) is 4.39 Å². The quantitative estimate of drug-likeness (QED) is 0.551. The van der Waals surface area contributed by atoms with Crippen molar-refractivity contribution in [2.75, 3.05) is 13.2 Å². The van der Waals surface area contributed by atoms with Gasteiger partial charge in [0.2, 0.25) is 0 Å². The van der Waals surface area contributed by atoms with Gasteiger partial charge in [0.25, 0.3) is 11.5 Å². The number of nitrogens with zero attached hydrogens (tertiary/aromatic N) is 3. The fourth-order valence-corrected chi connectivity index (χ4v) is 5.52. The summed E-state index contributed by atoms with van der Waals surface area (Å²) < 4.78 is 14.5. The number of amides is 1. The van der Waals surface area contributed by atoms with Crippen molar-refractivity contribution in [2.45, 2.75) is 51.0 Å². The molecule has 1 N–H and O–H groups in total. The van der Waals surface area contributed by atoms with Gasteiger partial charge in [-0.25, -0.2) is 0 Å². The second-order valence-corrected chi connectivity index (χ2v) is 9.77. The Morgan fingerprint density at radius 1 is 1.22 bits per heavy atom. The zero-order chi connectivity index (χ0) is 22.4. The predicted octanol–water partition coefficient (Wildman–Crippen LogP) is 4.93. The van der Waals surface area contributed by atoms with Crippen LogP contribution >= 0.6 is 15.9 Å². The van der Waals surface area contributed by atoms with Gasteiger partial charge in [0.1, 0.15) is 10.2 Å². The monoisotopic (exact) mass is 500 g/mol. The molecular weight excluding hydrogens is 475 g/mol. The number of carbonyl (C=O) groups excluding carboxylic acids is 1. The molecule has 2 aromatic heterocycles. The van der Waals surface area contributed by atoms with Gasteiger partial charge in [0, 0.05) is 24.6 Å². The highest BCUT2D eigenvalue weighted by molar-refractivity contribution is 9.10. The number of rotatable bonds is 4. The van der Waals surface area contributed by atoms with Gasteiger partial charge in [-0.3, -0.25) is 14.0 Å². The summed E-state index contributed by atoms with van der Waals surface area (Å²) in [6.07, 6.45) is 6.35. The van der Waals surface area contributed by atoms with E-state index in [-0.39, 0.29) is 23.4 Å². The molecule has 1 aromatic carbocycles. The molecule has 168 valence electrons. The van der Waals surface area contributed by atoms with Crippen molar-refractivity contribution in [3.8, 4) is 11.3 Å². The van der Waals surface area contributed by atoms with E-state index in [1.54, 1.807) is 4.90 Å². The summed E-state index contributed by atoms with van der Waals surface area (Å²) in [4.78, 5) is 30.8. The van der Waals surface area contributed by atoms with E-state index < -0.39 is 6.67 Å². The average molecular weight is 501 g/mol. The minimum atomic E-state index is -0.446.